The van der Waals surface area contributed by atoms with Crippen LogP contribution in [0.4, 0.5) is 4.39 Å². The number of halogens is 1. The van der Waals surface area contributed by atoms with Gasteiger partial charge < -0.3 is 34.5 Å². The van der Waals surface area contributed by atoms with Gasteiger partial charge in [-0.25, -0.2) is 9.18 Å². The Labute approximate surface area is 447 Å². The largest absolute Gasteiger partial charge is 0.366 e. The number of likely N-dealkylation sites (tertiary alicyclic amines) is 3. The number of aromatic nitrogens is 2. The summed E-state index contributed by atoms with van der Waals surface area (Å²) in [6.45, 7) is 6.24. The number of rotatable bonds is 13. The van der Waals surface area contributed by atoms with Gasteiger partial charge in [-0.05, 0) is 109 Å². The minimum atomic E-state index is -5.09. The van der Waals surface area contributed by atoms with Crippen molar-refractivity contribution in [2.24, 2.45) is 24.3 Å². The number of hydrogen-bond acceptors (Lipinski definition) is 11. The second kappa shape index (κ2) is 20.7. The molecule has 4 unspecified atom stereocenters. The molecule has 1 aliphatic carbocycles. The van der Waals surface area contributed by atoms with Crippen molar-refractivity contribution >= 4 is 75.5 Å². The molecule has 7 atom stereocenters. The summed E-state index contributed by atoms with van der Waals surface area (Å²) in [6.07, 6.45) is 3.00. The third-order valence-corrected chi connectivity index (χ3v) is 18.5. The number of alkyl halides is 1. The first-order valence-electron chi connectivity index (χ1n) is 26.1. The lowest BCUT2D eigenvalue weighted by Crippen LogP contribution is -2.60. The highest BCUT2D eigenvalue weighted by Crippen LogP contribution is 2.58. The molecule has 406 valence electrons. The van der Waals surface area contributed by atoms with E-state index in [1.807, 2.05) is 48.5 Å². The number of nitrogens with zero attached hydrogens (tertiary/aromatic N) is 6. The second-order valence-electron chi connectivity index (χ2n) is 22.4. The van der Waals surface area contributed by atoms with Gasteiger partial charge in [0.1, 0.15) is 24.7 Å². The molecule has 22 heteroatoms. The second-order valence-corrected chi connectivity index (χ2v) is 25.1. The number of fused-ring (bicyclic) bond motifs is 2. The number of ether oxygens (including phenoxy) is 1. The van der Waals surface area contributed by atoms with E-state index < -0.39 is 78.2 Å². The number of piperidine rings is 2. The molecule has 5 aromatic rings. The fourth-order valence-electron chi connectivity index (χ4n) is 12.2. The van der Waals surface area contributed by atoms with Gasteiger partial charge in [0.05, 0.1) is 39.5 Å². The highest BCUT2D eigenvalue weighted by atomic mass is 32.1. The molecular weight excluding hydrogens is 1030 g/mol. The predicted molar refractivity (Wildman–Crippen MR) is 282 cm³/mol. The molecule has 1 saturated carbocycles. The maximum atomic E-state index is 15.4. The molecule has 4 saturated heterocycles. The van der Waals surface area contributed by atoms with Crippen molar-refractivity contribution in [1.29, 1.82) is 5.26 Å². The van der Waals surface area contributed by atoms with Gasteiger partial charge in [0.2, 0.25) is 35.4 Å². The van der Waals surface area contributed by atoms with Gasteiger partial charge in [0.25, 0.3) is 5.91 Å². The summed E-state index contributed by atoms with van der Waals surface area (Å²) in [5.41, 5.74) is 0.979. The van der Waals surface area contributed by atoms with E-state index in [9.17, 15) is 48.0 Å². The number of carbonyl (C=O) groups excluding carboxylic acids is 6. The summed E-state index contributed by atoms with van der Waals surface area (Å²) in [5.74, 6) is -5.78. The van der Waals surface area contributed by atoms with E-state index in [-0.39, 0.29) is 78.7 Å². The third-order valence-electron chi connectivity index (χ3n) is 16.5. The average molecular weight is 1090 g/mol. The number of aryl methyl sites for hydroxylation is 1. The molecule has 6 amide bonds. The number of imide groups is 1. The maximum absolute atomic E-state index is 15.4. The van der Waals surface area contributed by atoms with Crippen LogP contribution in [0.1, 0.15) is 110 Å². The molecule has 5 fully saturated rings. The lowest BCUT2D eigenvalue weighted by atomic mass is 9.85. The topological polar surface area (TPSA) is 254 Å². The van der Waals surface area contributed by atoms with Crippen LogP contribution in [0.25, 0.3) is 21.1 Å². The zero-order valence-electron chi connectivity index (χ0n) is 43.2. The van der Waals surface area contributed by atoms with Gasteiger partial charge in [0, 0.05) is 50.3 Å². The number of carbonyl (C=O) groups is 6. The first-order valence-corrected chi connectivity index (χ1v) is 28.6. The van der Waals surface area contributed by atoms with Gasteiger partial charge in [-0.15, -0.1) is 11.3 Å². The van der Waals surface area contributed by atoms with E-state index in [1.165, 1.54) is 38.3 Å². The van der Waals surface area contributed by atoms with E-state index in [1.54, 1.807) is 37.6 Å². The summed E-state index contributed by atoms with van der Waals surface area (Å²) in [6, 6.07) is 20.2. The van der Waals surface area contributed by atoms with Crippen molar-refractivity contribution in [2.75, 3.05) is 32.8 Å². The zero-order chi connectivity index (χ0) is 54.9. The first-order chi connectivity index (χ1) is 36.6. The molecule has 5 aliphatic rings. The van der Waals surface area contributed by atoms with Crippen LogP contribution in [0, 0.1) is 28.6 Å². The van der Waals surface area contributed by atoms with E-state index in [0.29, 0.717) is 66.3 Å². The van der Waals surface area contributed by atoms with Crippen LogP contribution >= 0.6 is 18.9 Å². The molecule has 3 aromatic carbocycles. The summed E-state index contributed by atoms with van der Waals surface area (Å²) < 4.78 is 36.3. The summed E-state index contributed by atoms with van der Waals surface area (Å²) >= 11 is 1.06. The normalized spacial score (nSPS) is 23.6. The fraction of sp³-hybridized carbons (Fsp3) is 0.491. The summed E-state index contributed by atoms with van der Waals surface area (Å²) in [7, 11) is -3.43. The maximum Gasteiger partial charge on any atom is 0.363 e. The molecule has 2 aromatic heterocycles. The average Bonchev–Trinajstić information content (AvgIpc) is 3.76. The summed E-state index contributed by atoms with van der Waals surface area (Å²) in [5, 5.41) is 16.2. The summed E-state index contributed by atoms with van der Waals surface area (Å²) in [4.78, 5) is 121. The van der Waals surface area contributed by atoms with Gasteiger partial charge >= 0.3 is 13.3 Å². The Morgan fingerprint density at radius 2 is 1.69 bits per heavy atom. The molecule has 0 radical (unpaired) electrons. The SMILES string of the molecule is Cn1c(=O)n(C2CCC(=O)NC2=O)c2ccc(CC3CCN(C(=O)CO[C@@H]4CCN(C(=O)[C@@H](NC(=O)c5cc6cc(C(F)P(=O)(O)O)ccc6s5)C(C)(C)C)[C@@H]4C(=O)N4CC(c5ccccc5)C(C#N)C45CC5)CC3)cc21. The number of nitriles is 1. The molecule has 4 aliphatic heterocycles. The van der Waals surface area contributed by atoms with E-state index >= 15 is 9.59 Å². The smallest absolute Gasteiger partial charge is 0.363 e. The van der Waals surface area contributed by atoms with Crippen LogP contribution in [-0.4, -0.2) is 126 Å². The Hall–Kier alpha value is -6.56. The minimum Gasteiger partial charge on any atom is -0.366 e. The van der Waals surface area contributed by atoms with E-state index in [4.69, 9.17) is 4.74 Å². The van der Waals surface area contributed by atoms with Crippen LogP contribution in [0.3, 0.4) is 0 Å². The molecule has 10 rings (SSSR count). The lowest BCUT2D eigenvalue weighted by molar-refractivity contribution is -0.153. The molecule has 0 bridgehead atoms. The van der Waals surface area contributed by atoms with Gasteiger partial charge in [0.15, 0.2) is 0 Å². The molecule has 19 nitrogen and oxygen atoms in total. The number of hydrogen-bond donors (Lipinski definition) is 4. The molecule has 4 N–H and O–H groups in total. The van der Waals surface area contributed by atoms with Crippen molar-refractivity contribution < 1.29 is 52.2 Å². The molecule has 1 spiro atoms. The highest BCUT2D eigenvalue weighted by Gasteiger charge is 2.65. The van der Waals surface area contributed by atoms with Crippen LogP contribution in [0.2, 0.25) is 0 Å². The number of benzene rings is 3. The standard InChI is InChI=1S/C55H62FN8O11PS/c1-54(2,3)47(59-50(68)43-27-35-26-34(11-14-42(35)77-43)48(56)76(72,73)74)52(70)62-23-18-41(46(62)51(69)63-29-36(33-8-6-5-7-9-33)37(28-57)55(63)19-20-55)75-30-45(66)61-21-16-31(17-22-61)24-32-10-12-38-40(25-32)60(4)53(71)64(38)39-13-15-44(65)58-49(39)67/h5-12,14,25-27,31,36-37,39,41,46-48H,13,15-24,29-30H2,1-4H3,(H,59,68)(H,58,65,67)(H2,72,73,74)/t36?,37?,39?,41-,46+,47-,48?/m1/s1. The Bertz CT molecular complexity index is 3350. The van der Waals surface area contributed by atoms with Crippen LogP contribution in [0.15, 0.2) is 77.6 Å². The van der Waals surface area contributed by atoms with Crippen molar-refractivity contribution in [3.8, 4) is 6.07 Å². The number of imidazole rings is 1. The molecular formula is C55H62FN8O11PS. The van der Waals surface area contributed by atoms with Crippen molar-refractivity contribution in [2.45, 2.75) is 114 Å². The monoisotopic (exact) mass is 1090 g/mol. The van der Waals surface area contributed by atoms with Crippen molar-refractivity contribution in [3.05, 3.63) is 105 Å². The Morgan fingerprint density at radius 3 is 2.35 bits per heavy atom. The number of thiophene rings is 1. The zero-order valence-corrected chi connectivity index (χ0v) is 44.9. The van der Waals surface area contributed by atoms with Crippen molar-refractivity contribution in [1.82, 2.24) is 34.5 Å². The quantitative estimate of drug-likeness (QED) is 0.0832. The lowest BCUT2D eigenvalue weighted by Gasteiger charge is -2.38. The first kappa shape index (κ1) is 53.8. The number of nitrogens with one attached hydrogen (secondary N) is 2. The van der Waals surface area contributed by atoms with E-state index in [0.717, 1.165) is 22.5 Å². The van der Waals surface area contributed by atoms with Crippen LogP contribution < -0.4 is 16.3 Å². The Balaban J connectivity index is 0.844. The van der Waals surface area contributed by atoms with Crippen molar-refractivity contribution in [3.63, 3.8) is 0 Å². The predicted octanol–water partition coefficient (Wildman–Crippen LogP) is 5.59. The fourth-order valence-corrected chi connectivity index (χ4v) is 13.7. The number of amides is 6. The molecule has 77 heavy (non-hydrogen) atoms. The van der Waals surface area contributed by atoms with E-state index in [2.05, 4.69) is 16.7 Å². The minimum absolute atomic E-state index is 0.0732. The van der Waals surface area contributed by atoms with Crippen LogP contribution in [-0.2, 0) is 46.7 Å². The Morgan fingerprint density at radius 1 is 0.961 bits per heavy atom. The van der Waals surface area contributed by atoms with Gasteiger partial charge in [-0.1, -0.05) is 63.2 Å². The van der Waals surface area contributed by atoms with Gasteiger partial charge in [-0.3, -0.25) is 47.8 Å². The highest BCUT2D eigenvalue weighted by molar-refractivity contribution is 7.51. The van der Waals surface area contributed by atoms with Gasteiger partial charge in [-0.2, -0.15) is 5.26 Å². The van der Waals surface area contributed by atoms with Crippen LogP contribution in [0.5, 0.6) is 0 Å². The Kier molecular flexibility index (Phi) is 14.4. The third kappa shape index (κ3) is 10.3. The molecule has 6 heterocycles.